The first kappa shape index (κ1) is 14.0. The van der Waals surface area contributed by atoms with Gasteiger partial charge in [0.15, 0.2) is 11.4 Å². The van der Waals surface area contributed by atoms with Crippen LogP contribution in [0.1, 0.15) is 24.3 Å². The van der Waals surface area contributed by atoms with E-state index in [0.717, 1.165) is 31.3 Å². The average molecular weight is 312 g/mol. The molecular weight excluding hydrogens is 296 g/mol. The van der Waals surface area contributed by atoms with Crippen LogP contribution in [-0.2, 0) is 0 Å². The number of hydrogen-bond donors (Lipinski definition) is 2. The third kappa shape index (κ3) is 2.49. The molecule has 4 rings (SSSR count). The highest BCUT2D eigenvalue weighted by molar-refractivity contribution is 5.84. The Morgan fingerprint density at radius 2 is 2.00 bits per heavy atom. The summed E-state index contributed by atoms with van der Waals surface area (Å²) in [4.78, 5) is 25.3. The van der Waals surface area contributed by atoms with Crippen molar-refractivity contribution in [2.24, 2.45) is 0 Å². The van der Waals surface area contributed by atoms with E-state index in [-0.39, 0.29) is 0 Å². The van der Waals surface area contributed by atoms with E-state index in [4.69, 9.17) is 4.52 Å². The van der Waals surface area contributed by atoms with Crippen LogP contribution in [0.2, 0.25) is 0 Å². The van der Waals surface area contributed by atoms with Crippen LogP contribution in [0.3, 0.4) is 0 Å². The van der Waals surface area contributed by atoms with Gasteiger partial charge < -0.3 is 9.84 Å². The normalized spacial score (nSPS) is 16.0. The molecule has 0 aliphatic carbocycles. The van der Waals surface area contributed by atoms with Crippen molar-refractivity contribution in [2.45, 2.75) is 18.8 Å². The van der Waals surface area contributed by atoms with Crippen molar-refractivity contribution >= 4 is 11.0 Å². The van der Waals surface area contributed by atoms with E-state index in [0.29, 0.717) is 17.3 Å². The summed E-state index contributed by atoms with van der Waals surface area (Å²) in [6.07, 6.45) is 3.61. The molecule has 7 heteroatoms. The predicted molar refractivity (Wildman–Crippen MR) is 85.1 cm³/mol. The average Bonchev–Trinajstić information content (AvgIpc) is 2.99. The van der Waals surface area contributed by atoms with Gasteiger partial charge in [-0.2, -0.15) is 0 Å². The number of nitrogens with zero attached hydrogens (tertiary/aromatic N) is 2. The number of aromatic amines is 1. The van der Waals surface area contributed by atoms with Crippen molar-refractivity contribution in [3.05, 3.63) is 56.9 Å². The first-order valence-electron chi connectivity index (χ1n) is 7.65. The zero-order chi connectivity index (χ0) is 15.8. The Kier molecular flexibility index (Phi) is 3.34. The van der Waals surface area contributed by atoms with Gasteiger partial charge in [-0.15, -0.1) is 0 Å². The van der Waals surface area contributed by atoms with E-state index in [2.05, 4.69) is 21.5 Å². The Balaban J connectivity index is 1.78. The summed E-state index contributed by atoms with van der Waals surface area (Å²) in [5, 5.41) is 8.10. The summed E-state index contributed by atoms with van der Waals surface area (Å²) < 4.78 is 6.68. The van der Waals surface area contributed by atoms with E-state index in [1.807, 2.05) is 12.1 Å². The Hall–Kier alpha value is -2.67. The topological polar surface area (TPSA) is 92.9 Å². The first-order valence-corrected chi connectivity index (χ1v) is 7.65. The number of rotatable bonds is 2. The molecule has 3 heterocycles. The van der Waals surface area contributed by atoms with Crippen LogP contribution in [0, 0.1) is 0 Å². The van der Waals surface area contributed by atoms with Crippen molar-refractivity contribution in [2.75, 3.05) is 13.1 Å². The maximum absolute atomic E-state index is 11.9. The number of aromatic nitrogens is 3. The first-order chi connectivity index (χ1) is 11.2. The molecule has 1 fully saturated rings. The molecule has 0 unspecified atom stereocenters. The van der Waals surface area contributed by atoms with Gasteiger partial charge in [-0.1, -0.05) is 11.2 Å². The highest BCUT2D eigenvalue weighted by Crippen LogP contribution is 2.29. The van der Waals surface area contributed by atoms with E-state index in [1.165, 1.54) is 22.4 Å². The second-order valence-electron chi connectivity index (χ2n) is 5.77. The summed E-state index contributed by atoms with van der Waals surface area (Å²) in [6.45, 7) is 2.05. The SMILES string of the molecule is O=c1ccn(-c2noc3cc(C4CCNCC4)ccc23)c(=O)[nH]1. The second kappa shape index (κ2) is 5.51. The lowest BCUT2D eigenvalue weighted by Crippen LogP contribution is -2.27. The second-order valence-corrected chi connectivity index (χ2v) is 5.77. The highest BCUT2D eigenvalue weighted by atomic mass is 16.5. The predicted octanol–water partition coefficient (Wildman–Crippen LogP) is 1.13. The maximum Gasteiger partial charge on any atom is 0.334 e. The monoisotopic (exact) mass is 312 g/mol. The van der Waals surface area contributed by atoms with Gasteiger partial charge in [0, 0.05) is 12.3 Å². The molecular formula is C16H16N4O3. The Morgan fingerprint density at radius 3 is 2.78 bits per heavy atom. The van der Waals surface area contributed by atoms with E-state index >= 15 is 0 Å². The number of hydrogen-bond acceptors (Lipinski definition) is 5. The molecule has 0 atom stereocenters. The van der Waals surface area contributed by atoms with Gasteiger partial charge >= 0.3 is 5.69 Å². The van der Waals surface area contributed by atoms with Gasteiger partial charge in [0.2, 0.25) is 0 Å². The van der Waals surface area contributed by atoms with Crippen LogP contribution in [0.15, 0.2) is 44.6 Å². The van der Waals surface area contributed by atoms with Crippen LogP contribution in [-0.4, -0.2) is 27.8 Å². The lowest BCUT2D eigenvalue weighted by molar-refractivity contribution is 0.446. The standard InChI is InChI=1S/C16H16N4O3/c21-14-5-8-20(16(22)18-14)15-12-2-1-11(9-13(12)23-19-15)10-3-6-17-7-4-10/h1-2,5,8-10,17H,3-4,6-7H2,(H,18,21,22). The van der Waals surface area contributed by atoms with Crippen LogP contribution in [0.5, 0.6) is 0 Å². The van der Waals surface area contributed by atoms with Crippen molar-refractivity contribution in [1.29, 1.82) is 0 Å². The number of piperidine rings is 1. The van der Waals surface area contributed by atoms with Gasteiger partial charge in [-0.3, -0.25) is 9.78 Å². The van der Waals surface area contributed by atoms with Crippen LogP contribution >= 0.6 is 0 Å². The minimum atomic E-state index is -0.532. The largest absolute Gasteiger partial charge is 0.354 e. The van der Waals surface area contributed by atoms with Crippen molar-refractivity contribution in [1.82, 2.24) is 20.0 Å². The lowest BCUT2D eigenvalue weighted by Gasteiger charge is -2.22. The minimum Gasteiger partial charge on any atom is -0.354 e. The molecule has 0 radical (unpaired) electrons. The molecule has 0 saturated carbocycles. The van der Waals surface area contributed by atoms with Crippen LogP contribution in [0.4, 0.5) is 0 Å². The fraction of sp³-hybridized carbons (Fsp3) is 0.312. The summed E-state index contributed by atoms with van der Waals surface area (Å²) >= 11 is 0. The van der Waals surface area contributed by atoms with Crippen LogP contribution < -0.4 is 16.6 Å². The molecule has 1 aliphatic heterocycles. The summed E-state index contributed by atoms with van der Waals surface area (Å²) in [7, 11) is 0. The quantitative estimate of drug-likeness (QED) is 0.740. The lowest BCUT2D eigenvalue weighted by atomic mass is 9.90. The third-order valence-corrected chi connectivity index (χ3v) is 4.34. The van der Waals surface area contributed by atoms with Gasteiger partial charge in [-0.05, 0) is 49.5 Å². The summed E-state index contributed by atoms with van der Waals surface area (Å²) in [6, 6.07) is 7.27. The van der Waals surface area contributed by atoms with Gasteiger partial charge in [0.1, 0.15) is 0 Å². The zero-order valence-corrected chi connectivity index (χ0v) is 12.4. The molecule has 1 aliphatic rings. The van der Waals surface area contributed by atoms with Gasteiger partial charge in [-0.25, -0.2) is 9.36 Å². The van der Waals surface area contributed by atoms with Crippen molar-refractivity contribution < 1.29 is 4.52 Å². The molecule has 0 bridgehead atoms. The number of benzene rings is 1. The van der Waals surface area contributed by atoms with Crippen molar-refractivity contribution in [3.8, 4) is 5.82 Å². The summed E-state index contributed by atoms with van der Waals surface area (Å²) in [5.74, 6) is 0.906. The Labute approximate surface area is 130 Å². The van der Waals surface area contributed by atoms with Gasteiger partial charge in [0.05, 0.1) is 5.39 Å². The van der Waals surface area contributed by atoms with Gasteiger partial charge in [0.25, 0.3) is 5.56 Å². The molecule has 2 N–H and O–H groups in total. The Morgan fingerprint density at radius 1 is 1.17 bits per heavy atom. The van der Waals surface area contributed by atoms with Crippen LogP contribution in [0.25, 0.3) is 16.8 Å². The molecule has 7 nitrogen and oxygen atoms in total. The third-order valence-electron chi connectivity index (χ3n) is 4.34. The smallest absolute Gasteiger partial charge is 0.334 e. The van der Waals surface area contributed by atoms with E-state index in [1.54, 1.807) is 0 Å². The fourth-order valence-electron chi connectivity index (χ4n) is 3.11. The Bertz CT molecular complexity index is 963. The molecule has 0 spiro atoms. The van der Waals surface area contributed by atoms with E-state index in [9.17, 15) is 9.59 Å². The molecule has 1 aromatic carbocycles. The number of H-pyrrole nitrogens is 1. The number of fused-ring (bicyclic) bond motifs is 1. The van der Waals surface area contributed by atoms with E-state index < -0.39 is 11.2 Å². The molecule has 0 amide bonds. The molecule has 23 heavy (non-hydrogen) atoms. The number of nitrogens with one attached hydrogen (secondary N) is 2. The van der Waals surface area contributed by atoms with Crippen molar-refractivity contribution in [3.63, 3.8) is 0 Å². The minimum absolute atomic E-state index is 0.387. The molecule has 2 aromatic heterocycles. The maximum atomic E-state index is 11.9. The molecule has 118 valence electrons. The zero-order valence-electron chi connectivity index (χ0n) is 12.4. The highest BCUT2D eigenvalue weighted by Gasteiger charge is 2.18. The summed E-state index contributed by atoms with van der Waals surface area (Å²) in [5.41, 5.74) is 0.909. The molecule has 1 saturated heterocycles. The molecule has 3 aromatic rings. The fourth-order valence-corrected chi connectivity index (χ4v) is 3.11.